The van der Waals surface area contributed by atoms with E-state index in [1.807, 2.05) is 0 Å². The van der Waals surface area contributed by atoms with E-state index >= 15 is 0 Å². The zero-order valence-electron chi connectivity index (χ0n) is 7.29. The first-order valence-corrected chi connectivity index (χ1v) is 4.51. The van der Waals surface area contributed by atoms with Gasteiger partial charge in [0, 0.05) is 11.1 Å². The summed E-state index contributed by atoms with van der Waals surface area (Å²) in [7, 11) is 0. The first-order chi connectivity index (χ1) is 6.70. The second-order valence-corrected chi connectivity index (χ2v) is 3.36. The number of benzene rings is 1. The molecular formula is C10H8ClNO2. The molecule has 14 heavy (non-hydrogen) atoms. The molecule has 0 spiro atoms. The predicted molar refractivity (Wildman–Crippen MR) is 55.4 cm³/mol. The van der Waals surface area contributed by atoms with E-state index in [-0.39, 0.29) is 12.0 Å². The van der Waals surface area contributed by atoms with Crippen LogP contribution in [-0.4, -0.2) is 0 Å². The van der Waals surface area contributed by atoms with Gasteiger partial charge in [-0.15, -0.1) is 0 Å². The fraction of sp³-hybridized carbons (Fsp3) is 0.100. The SMILES string of the molecule is NCc1cc(=O)c2cc(Cl)ccc2o1. The molecule has 0 atom stereocenters. The number of hydrogen-bond donors (Lipinski definition) is 1. The molecule has 0 aliphatic rings. The first-order valence-electron chi connectivity index (χ1n) is 4.13. The van der Waals surface area contributed by atoms with Gasteiger partial charge in [0.15, 0.2) is 5.43 Å². The molecule has 2 N–H and O–H groups in total. The summed E-state index contributed by atoms with van der Waals surface area (Å²) in [6.45, 7) is 0.216. The zero-order chi connectivity index (χ0) is 10.1. The van der Waals surface area contributed by atoms with Crippen molar-refractivity contribution in [2.75, 3.05) is 0 Å². The second-order valence-electron chi connectivity index (χ2n) is 2.92. The van der Waals surface area contributed by atoms with Crippen LogP contribution in [0.3, 0.4) is 0 Å². The minimum Gasteiger partial charge on any atom is -0.459 e. The van der Waals surface area contributed by atoms with Gasteiger partial charge in [0.2, 0.25) is 0 Å². The molecule has 1 aromatic heterocycles. The fourth-order valence-corrected chi connectivity index (χ4v) is 1.45. The number of fused-ring (bicyclic) bond motifs is 1. The average molecular weight is 210 g/mol. The van der Waals surface area contributed by atoms with Crippen LogP contribution in [0.5, 0.6) is 0 Å². The van der Waals surface area contributed by atoms with Gasteiger partial charge in [-0.05, 0) is 18.2 Å². The van der Waals surface area contributed by atoms with Crippen molar-refractivity contribution in [1.29, 1.82) is 0 Å². The Morgan fingerprint density at radius 1 is 1.36 bits per heavy atom. The maximum Gasteiger partial charge on any atom is 0.193 e. The summed E-state index contributed by atoms with van der Waals surface area (Å²) < 4.78 is 5.36. The third-order valence-corrected chi connectivity index (χ3v) is 2.18. The topological polar surface area (TPSA) is 56.2 Å². The molecule has 2 aromatic rings. The molecule has 0 aliphatic carbocycles. The largest absolute Gasteiger partial charge is 0.459 e. The summed E-state index contributed by atoms with van der Waals surface area (Å²) >= 11 is 5.76. The predicted octanol–water partition coefficient (Wildman–Crippen LogP) is 1.91. The molecule has 1 heterocycles. The summed E-state index contributed by atoms with van der Waals surface area (Å²) in [4.78, 5) is 11.5. The summed E-state index contributed by atoms with van der Waals surface area (Å²) in [5, 5.41) is 1.000. The highest BCUT2D eigenvalue weighted by Crippen LogP contribution is 2.17. The molecule has 0 radical (unpaired) electrons. The summed E-state index contributed by atoms with van der Waals surface area (Å²) in [5.74, 6) is 0.477. The standard InChI is InChI=1S/C10H8ClNO2/c11-6-1-2-10-8(3-6)9(13)4-7(5-12)14-10/h1-4H,5,12H2. The Kier molecular flexibility index (Phi) is 2.27. The van der Waals surface area contributed by atoms with Crippen LogP contribution in [0.15, 0.2) is 33.5 Å². The maximum absolute atomic E-state index is 11.5. The van der Waals surface area contributed by atoms with Gasteiger partial charge in [-0.2, -0.15) is 0 Å². The molecular weight excluding hydrogens is 202 g/mol. The molecule has 0 unspecified atom stereocenters. The highest BCUT2D eigenvalue weighted by Gasteiger charge is 2.03. The Balaban J connectivity index is 2.83. The molecule has 0 saturated heterocycles. The van der Waals surface area contributed by atoms with Crippen LogP contribution in [0.4, 0.5) is 0 Å². The molecule has 0 amide bonds. The molecule has 4 heteroatoms. The van der Waals surface area contributed by atoms with Crippen molar-refractivity contribution in [2.45, 2.75) is 6.54 Å². The zero-order valence-corrected chi connectivity index (χ0v) is 8.04. The van der Waals surface area contributed by atoms with Crippen LogP contribution in [0.2, 0.25) is 5.02 Å². The molecule has 0 fully saturated rings. The van der Waals surface area contributed by atoms with Crippen molar-refractivity contribution >= 4 is 22.6 Å². The van der Waals surface area contributed by atoms with Crippen LogP contribution in [0.1, 0.15) is 5.76 Å². The lowest BCUT2D eigenvalue weighted by atomic mass is 10.2. The van der Waals surface area contributed by atoms with Gasteiger partial charge in [-0.1, -0.05) is 11.6 Å². The summed E-state index contributed by atoms with van der Waals surface area (Å²) in [6, 6.07) is 6.31. The first kappa shape index (κ1) is 9.24. The van der Waals surface area contributed by atoms with Gasteiger partial charge in [0.25, 0.3) is 0 Å². The van der Waals surface area contributed by atoms with Crippen molar-refractivity contribution in [3.63, 3.8) is 0 Å². The Morgan fingerprint density at radius 3 is 2.86 bits per heavy atom. The third kappa shape index (κ3) is 1.52. The number of hydrogen-bond acceptors (Lipinski definition) is 3. The highest BCUT2D eigenvalue weighted by atomic mass is 35.5. The average Bonchev–Trinajstić information content (AvgIpc) is 2.19. The van der Waals surface area contributed by atoms with Crippen molar-refractivity contribution in [1.82, 2.24) is 0 Å². The molecule has 72 valence electrons. The quantitative estimate of drug-likeness (QED) is 0.781. The smallest absolute Gasteiger partial charge is 0.193 e. The van der Waals surface area contributed by atoms with Crippen LogP contribution in [-0.2, 0) is 6.54 Å². The van der Waals surface area contributed by atoms with Crippen molar-refractivity contribution in [3.8, 4) is 0 Å². The Hall–Kier alpha value is -1.32. The van der Waals surface area contributed by atoms with Crippen molar-refractivity contribution in [2.24, 2.45) is 5.73 Å². The molecule has 1 aromatic carbocycles. The monoisotopic (exact) mass is 209 g/mol. The highest BCUT2D eigenvalue weighted by molar-refractivity contribution is 6.31. The van der Waals surface area contributed by atoms with Crippen molar-refractivity contribution < 1.29 is 4.42 Å². The van der Waals surface area contributed by atoms with E-state index < -0.39 is 0 Å². The van der Waals surface area contributed by atoms with E-state index in [1.165, 1.54) is 6.07 Å². The van der Waals surface area contributed by atoms with Crippen LogP contribution < -0.4 is 11.2 Å². The van der Waals surface area contributed by atoms with Gasteiger partial charge in [0.1, 0.15) is 11.3 Å². The molecule has 0 saturated carbocycles. The summed E-state index contributed by atoms with van der Waals surface area (Å²) in [6.07, 6.45) is 0. The van der Waals surface area contributed by atoms with Gasteiger partial charge in [-0.25, -0.2) is 0 Å². The Morgan fingerprint density at radius 2 is 2.14 bits per heavy atom. The van der Waals surface area contributed by atoms with Gasteiger partial charge >= 0.3 is 0 Å². The van der Waals surface area contributed by atoms with Crippen LogP contribution in [0.25, 0.3) is 11.0 Å². The molecule has 2 rings (SSSR count). The van der Waals surface area contributed by atoms with E-state index in [1.54, 1.807) is 18.2 Å². The molecule has 0 aliphatic heterocycles. The van der Waals surface area contributed by atoms with E-state index in [4.69, 9.17) is 21.8 Å². The fourth-order valence-electron chi connectivity index (χ4n) is 1.28. The second kappa shape index (κ2) is 3.44. The number of nitrogens with two attached hydrogens (primary N) is 1. The lowest BCUT2D eigenvalue weighted by Gasteiger charge is -2.00. The van der Waals surface area contributed by atoms with E-state index in [0.717, 1.165) is 0 Å². The Labute approximate surface area is 85.1 Å². The van der Waals surface area contributed by atoms with E-state index in [2.05, 4.69) is 0 Å². The third-order valence-electron chi connectivity index (χ3n) is 1.94. The number of rotatable bonds is 1. The minimum atomic E-state index is -0.116. The van der Waals surface area contributed by atoms with Crippen LogP contribution >= 0.6 is 11.6 Å². The van der Waals surface area contributed by atoms with Crippen molar-refractivity contribution in [3.05, 3.63) is 45.3 Å². The lowest BCUT2D eigenvalue weighted by molar-refractivity contribution is 0.539. The van der Waals surface area contributed by atoms with Gasteiger partial charge in [0.05, 0.1) is 11.9 Å². The number of halogens is 1. The molecule has 0 bridgehead atoms. The lowest BCUT2D eigenvalue weighted by Crippen LogP contribution is -2.05. The summed E-state index contributed by atoms with van der Waals surface area (Å²) in [5.41, 5.74) is 5.78. The van der Waals surface area contributed by atoms with Gasteiger partial charge < -0.3 is 10.2 Å². The minimum absolute atomic E-state index is 0.116. The molecule has 3 nitrogen and oxygen atoms in total. The normalized spacial score (nSPS) is 10.7. The Bertz CT molecular complexity index is 533. The van der Waals surface area contributed by atoms with Crippen LogP contribution in [0, 0.1) is 0 Å². The van der Waals surface area contributed by atoms with E-state index in [9.17, 15) is 4.79 Å². The maximum atomic E-state index is 11.5. The van der Waals surface area contributed by atoms with E-state index in [0.29, 0.717) is 21.8 Å². The van der Waals surface area contributed by atoms with Gasteiger partial charge in [-0.3, -0.25) is 4.79 Å².